The lowest BCUT2D eigenvalue weighted by atomic mass is 10.1. The third-order valence-electron chi connectivity index (χ3n) is 4.03. The van der Waals surface area contributed by atoms with Crippen molar-refractivity contribution in [2.24, 2.45) is 0 Å². The van der Waals surface area contributed by atoms with E-state index in [9.17, 15) is 8.42 Å². The number of hydrogen-bond donors (Lipinski definition) is 1. The number of thioether (sulfide) groups is 1. The molecule has 2 saturated heterocycles. The van der Waals surface area contributed by atoms with Crippen molar-refractivity contribution in [3.8, 4) is 0 Å². The van der Waals surface area contributed by atoms with Crippen LogP contribution in [0, 0.1) is 0 Å². The summed E-state index contributed by atoms with van der Waals surface area (Å²) in [7, 11) is -2.99. The maximum absolute atomic E-state index is 12.1. The minimum atomic E-state index is -2.99. The van der Waals surface area contributed by atoms with E-state index in [1.165, 1.54) is 0 Å². The van der Waals surface area contributed by atoms with Crippen molar-refractivity contribution in [3.05, 3.63) is 0 Å². The molecule has 5 nitrogen and oxygen atoms in total. The first-order chi connectivity index (χ1) is 9.63. The summed E-state index contributed by atoms with van der Waals surface area (Å²) in [6, 6.07) is 0. The number of sulfone groups is 1. The SMILES string of the molecule is CCS(=O)(=O)C1CSCCN1CCOC1CCNCC1. The number of hydrogen-bond acceptors (Lipinski definition) is 6. The second-order valence-electron chi connectivity index (χ2n) is 5.34. The summed E-state index contributed by atoms with van der Waals surface area (Å²) < 4.78 is 30.1. The Morgan fingerprint density at radius 3 is 2.80 bits per heavy atom. The van der Waals surface area contributed by atoms with Gasteiger partial charge >= 0.3 is 0 Å². The molecule has 2 fully saturated rings. The van der Waals surface area contributed by atoms with Gasteiger partial charge in [0.05, 0.1) is 12.7 Å². The molecule has 0 aromatic rings. The van der Waals surface area contributed by atoms with Crippen molar-refractivity contribution in [1.29, 1.82) is 0 Å². The quantitative estimate of drug-likeness (QED) is 0.771. The molecule has 0 radical (unpaired) electrons. The highest BCUT2D eigenvalue weighted by molar-refractivity contribution is 8.01. The molecule has 7 heteroatoms. The molecule has 2 aliphatic rings. The van der Waals surface area contributed by atoms with E-state index >= 15 is 0 Å². The Morgan fingerprint density at radius 1 is 1.35 bits per heavy atom. The van der Waals surface area contributed by atoms with Crippen LogP contribution in [0.15, 0.2) is 0 Å². The Balaban J connectivity index is 1.80. The fraction of sp³-hybridized carbons (Fsp3) is 1.00. The third-order valence-corrected chi connectivity index (χ3v) is 7.36. The van der Waals surface area contributed by atoms with Crippen LogP contribution >= 0.6 is 11.8 Å². The minimum Gasteiger partial charge on any atom is -0.377 e. The minimum absolute atomic E-state index is 0.226. The van der Waals surface area contributed by atoms with Crippen LogP contribution in [0.1, 0.15) is 19.8 Å². The summed E-state index contributed by atoms with van der Waals surface area (Å²) >= 11 is 1.74. The summed E-state index contributed by atoms with van der Waals surface area (Å²) in [5.41, 5.74) is 0. The van der Waals surface area contributed by atoms with Crippen LogP contribution < -0.4 is 5.32 Å². The Labute approximate surface area is 126 Å². The summed E-state index contributed by atoms with van der Waals surface area (Å²) in [4.78, 5) is 2.09. The lowest BCUT2D eigenvalue weighted by Gasteiger charge is -2.35. The van der Waals surface area contributed by atoms with Crippen LogP contribution in [0.3, 0.4) is 0 Å². The number of piperidine rings is 1. The van der Waals surface area contributed by atoms with Gasteiger partial charge in [0.1, 0.15) is 5.37 Å². The number of nitrogens with one attached hydrogen (secondary N) is 1. The maximum atomic E-state index is 12.1. The van der Waals surface area contributed by atoms with Gasteiger partial charge in [-0.25, -0.2) is 8.42 Å². The molecule has 0 bridgehead atoms. The molecule has 118 valence electrons. The highest BCUT2D eigenvalue weighted by atomic mass is 32.2. The fourth-order valence-corrected chi connectivity index (χ4v) is 5.80. The Bertz CT molecular complexity index is 383. The first-order valence-electron chi connectivity index (χ1n) is 7.49. The molecule has 0 saturated carbocycles. The van der Waals surface area contributed by atoms with Gasteiger partial charge in [-0.15, -0.1) is 0 Å². The summed E-state index contributed by atoms with van der Waals surface area (Å²) in [5.74, 6) is 1.94. The first kappa shape index (κ1) is 16.5. The van der Waals surface area contributed by atoms with Gasteiger partial charge in [-0.2, -0.15) is 11.8 Å². The van der Waals surface area contributed by atoms with Gasteiger partial charge in [0.25, 0.3) is 0 Å². The Morgan fingerprint density at radius 2 is 2.10 bits per heavy atom. The van der Waals surface area contributed by atoms with Gasteiger partial charge in [-0.3, -0.25) is 4.90 Å². The van der Waals surface area contributed by atoms with Crippen molar-refractivity contribution in [2.45, 2.75) is 31.2 Å². The van der Waals surface area contributed by atoms with Gasteiger partial charge in [-0.1, -0.05) is 6.92 Å². The molecule has 2 heterocycles. The molecule has 20 heavy (non-hydrogen) atoms. The maximum Gasteiger partial charge on any atom is 0.166 e. The van der Waals surface area contributed by atoms with Crippen LogP contribution in [0.4, 0.5) is 0 Å². The molecule has 0 spiro atoms. The van der Waals surface area contributed by atoms with Crippen LogP contribution in [0.2, 0.25) is 0 Å². The van der Waals surface area contributed by atoms with Crippen molar-refractivity contribution in [1.82, 2.24) is 10.2 Å². The summed E-state index contributed by atoms with van der Waals surface area (Å²) in [5, 5.41) is 3.00. The van der Waals surface area contributed by atoms with Crippen LogP contribution in [-0.2, 0) is 14.6 Å². The third kappa shape index (κ3) is 4.59. The molecule has 0 aliphatic carbocycles. The van der Waals surface area contributed by atoms with E-state index in [-0.39, 0.29) is 11.1 Å². The first-order valence-corrected chi connectivity index (χ1v) is 10.4. The van der Waals surface area contributed by atoms with E-state index in [2.05, 4.69) is 10.2 Å². The second kappa shape index (κ2) is 7.98. The van der Waals surface area contributed by atoms with Crippen molar-refractivity contribution in [2.75, 3.05) is 50.0 Å². The molecular formula is C13H26N2O3S2. The smallest absolute Gasteiger partial charge is 0.166 e. The van der Waals surface area contributed by atoms with E-state index < -0.39 is 9.84 Å². The fourth-order valence-electron chi connectivity index (χ4n) is 2.69. The summed E-state index contributed by atoms with van der Waals surface area (Å²) in [6.07, 6.45) is 2.47. The predicted molar refractivity (Wildman–Crippen MR) is 84.0 cm³/mol. The van der Waals surface area contributed by atoms with Crippen molar-refractivity contribution in [3.63, 3.8) is 0 Å². The van der Waals surface area contributed by atoms with Gasteiger partial charge in [0.15, 0.2) is 9.84 Å². The van der Waals surface area contributed by atoms with E-state index in [1.807, 2.05) is 0 Å². The van der Waals surface area contributed by atoms with E-state index in [1.54, 1.807) is 18.7 Å². The van der Waals surface area contributed by atoms with Crippen LogP contribution in [0.5, 0.6) is 0 Å². The average molecular weight is 322 g/mol. The lowest BCUT2D eigenvalue weighted by molar-refractivity contribution is 0.0196. The molecule has 0 amide bonds. The monoisotopic (exact) mass is 322 g/mol. The molecule has 2 aliphatic heterocycles. The van der Waals surface area contributed by atoms with Crippen LogP contribution in [-0.4, -0.2) is 74.8 Å². The molecule has 1 unspecified atom stereocenters. The topological polar surface area (TPSA) is 58.6 Å². The number of rotatable bonds is 6. The second-order valence-corrected chi connectivity index (χ2v) is 8.93. The standard InChI is InChI=1S/C13H26N2O3S2/c1-2-20(16,17)13-11-19-10-8-15(13)7-9-18-12-3-5-14-6-4-12/h12-14H,2-11H2,1H3. The zero-order valence-corrected chi connectivity index (χ0v) is 13.8. The van der Waals surface area contributed by atoms with Gasteiger partial charge in [-0.05, 0) is 25.9 Å². The highest BCUT2D eigenvalue weighted by Gasteiger charge is 2.32. The van der Waals surface area contributed by atoms with Gasteiger partial charge in [0.2, 0.25) is 0 Å². The molecule has 1 N–H and O–H groups in total. The van der Waals surface area contributed by atoms with Gasteiger partial charge < -0.3 is 10.1 Å². The lowest BCUT2D eigenvalue weighted by Crippen LogP contribution is -2.49. The van der Waals surface area contributed by atoms with E-state index in [4.69, 9.17) is 4.74 Å². The van der Waals surface area contributed by atoms with Crippen LogP contribution in [0.25, 0.3) is 0 Å². The highest BCUT2D eigenvalue weighted by Crippen LogP contribution is 2.21. The normalized spacial score (nSPS) is 26.8. The molecule has 1 atom stereocenters. The number of nitrogens with zero attached hydrogens (tertiary/aromatic N) is 1. The Kier molecular flexibility index (Phi) is 6.61. The summed E-state index contributed by atoms with van der Waals surface area (Å²) in [6.45, 7) is 6.01. The average Bonchev–Trinajstić information content (AvgIpc) is 2.49. The molecule has 2 rings (SSSR count). The molecular weight excluding hydrogens is 296 g/mol. The number of ether oxygens (including phenoxy) is 1. The van der Waals surface area contributed by atoms with E-state index in [0.717, 1.165) is 44.8 Å². The van der Waals surface area contributed by atoms with Gasteiger partial charge in [0, 0.05) is 30.3 Å². The van der Waals surface area contributed by atoms with Crippen molar-refractivity contribution >= 4 is 21.6 Å². The zero-order valence-electron chi connectivity index (χ0n) is 12.2. The van der Waals surface area contributed by atoms with Crippen molar-refractivity contribution < 1.29 is 13.2 Å². The Hall–Kier alpha value is 0.180. The largest absolute Gasteiger partial charge is 0.377 e. The molecule has 0 aromatic carbocycles. The zero-order chi connectivity index (χ0) is 14.4. The predicted octanol–water partition coefficient (Wildman–Crippen LogP) is 0.565. The molecule has 0 aromatic heterocycles. The van der Waals surface area contributed by atoms with E-state index in [0.29, 0.717) is 18.5 Å².